The van der Waals surface area contributed by atoms with E-state index in [1.807, 2.05) is 0 Å². The van der Waals surface area contributed by atoms with Crippen molar-refractivity contribution in [2.45, 2.75) is 18.6 Å². The average molecular weight is 250 g/mol. The van der Waals surface area contributed by atoms with Gasteiger partial charge in [0.2, 0.25) is 0 Å². The molecule has 96 valence electrons. The maximum absolute atomic E-state index is 13.0. The van der Waals surface area contributed by atoms with Crippen molar-refractivity contribution in [3.63, 3.8) is 0 Å². The molecule has 1 aromatic carbocycles. The van der Waals surface area contributed by atoms with Gasteiger partial charge in [-0.3, -0.25) is 0 Å². The zero-order chi connectivity index (χ0) is 13.2. The van der Waals surface area contributed by atoms with Crippen LogP contribution in [0.25, 0.3) is 0 Å². The number of rotatable bonds is 3. The zero-order valence-corrected chi connectivity index (χ0v) is 9.55. The van der Waals surface area contributed by atoms with Gasteiger partial charge >= 0.3 is 6.18 Å². The van der Waals surface area contributed by atoms with Crippen molar-refractivity contribution in [3.05, 3.63) is 29.6 Å². The molecule has 0 heterocycles. The van der Waals surface area contributed by atoms with Crippen molar-refractivity contribution >= 4 is 5.69 Å². The minimum absolute atomic E-state index is 0.364. The van der Waals surface area contributed by atoms with Gasteiger partial charge in [-0.1, -0.05) is 6.07 Å². The first-order valence-corrected chi connectivity index (χ1v) is 5.00. The van der Waals surface area contributed by atoms with Crippen LogP contribution in [-0.2, 0) is 6.42 Å². The first kappa shape index (κ1) is 13.8. The SMILES string of the molecule is CN(C)c1cc(F)ccc1CC(N)C(F)(F)F. The summed E-state index contributed by atoms with van der Waals surface area (Å²) in [6.07, 6.45) is -4.81. The van der Waals surface area contributed by atoms with Crippen LogP contribution in [0.1, 0.15) is 5.56 Å². The van der Waals surface area contributed by atoms with Gasteiger partial charge in [-0.25, -0.2) is 4.39 Å². The lowest BCUT2D eigenvalue weighted by molar-refractivity contribution is -0.147. The molecular formula is C11H14F4N2. The van der Waals surface area contributed by atoms with Crippen molar-refractivity contribution in [1.29, 1.82) is 0 Å². The number of nitrogens with zero attached hydrogens (tertiary/aromatic N) is 1. The Morgan fingerprint density at radius 3 is 2.35 bits per heavy atom. The highest BCUT2D eigenvalue weighted by Gasteiger charge is 2.36. The predicted molar refractivity (Wildman–Crippen MR) is 58.5 cm³/mol. The standard InChI is InChI=1S/C11H14F4N2/c1-17(2)9-6-8(12)4-3-7(9)5-10(16)11(13,14)15/h3-4,6,10H,5,16H2,1-2H3. The van der Waals surface area contributed by atoms with Crippen LogP contribution in [0.4, 0.5) is 23.2 Å². The molecule has 0 saturated heterocycles. The van der Waals surface area contributed by atoms with Crippen LogP contribution in [0.3, 0.4) is 0 Å². The van der Waals surface area contributed by atoms with E-state index in [1.54, 1.807) is 19.0 Å². The van der Waals surface area contributed by atoms with Crippen molar-refractivity contribution in [2.24, 2.45) is 5.73 Å². The summed E-state index contributed by atoms with van der Waals surface area (Å²) in [4.78, 5) is 1.56. The molecule has 1 atom stereocenters. The lowest BCUT2D eigenvalue weighted by Gasteiger charge is -2.21. The van der Waals surface area contributed by atoms with Gasteiger partial charge in [0, 0.05) is 19.8 Å². The smallest absolute Gasteiger partial charge is 0.377 e. The van der Waals surface area contributed by atoms with E-state index in [9.17, 15) is 17.6 Å². The van der Waals surface area contributed by atoms with Crippen molar-refractivity contribution < 1.29 is 17.6 Å². The highest BCUT2D eigenvalue weighted by molar-refractivity contribution is 5.53. The Bertz CT molecular complexity index is 388. The van der Waals surface area contributed by atoms with Crippen LogP contribution >= 0.6 is 0 Å². The number of halogens is 4. The summed E-state index contributed by atoms with van der Waals surface area (Å²) < 4.78 is 50.0. The number of benzene rings is 1. The van der Waals surface area contributed by atoms with E-state index < -0.39 is 18.0 Å². The molecule has 1 rings (SSSR count). The number of anilines is 1. The number of alkyl halides is 3. The Morgan fingerprint density at radius 2 is 1.88 bits per heavy atom. The molecule has 0 aliphatic rings. The Hall–Kier alpha value is -1.30. The molecular weight excluding hydrogens is 236 g/mol. The molecule has 6 heteroatoms. The van der Waals surface area contributed by atoms with Crippen LogP contribution in [0, 0.1) is 5.82 Å². The second kappa shape index (κ2) is 4.91. The van der Waals surface area contributed by atoms with Crippen LogP contribution < -0.4 is 10.6 Å². The lowest BCUT2D eigenvalue weighted by Crippen LogP contribution is -2.39. The monoisotopic (exact) mass is 250 g/mol. The summed E-state index contributed by atoms with van der Waals surface area (Å²) in [5.74, 6) is -0.488. The first-order valence-electron chi connectivity index (χ1n) is 5.00. The second-order valence-corrected chi connectivity index (χ2v) is 4.02. The second-order valence-electron chi connectivity index (χ2n) is 4.02. The molecule has 1 unspecified atom stereocenters. The molecule has 0 spiro atoms. The van der Waals surface area contributed by atoms with Gasteiger partial charge in [0.05, 0.1) is 0 Å². The Labute approximate surface area is 97.0 Å². The van der Waals surface area contributed by atoms with Crippen LogP contribution in [0.15, 0.2) is 18.2 Å². The zero-order valence-electron chi connectivity index (χ0n) is 9.55. The van der Waals surface area contributed by atoms with Gasteiger partial charge < -0.3 is 10.6 Å². The Morgan fingerprint density at radius 1 is 1.29 bits per heavy atom. The van der Waals surface area contributed by atoms with Crippen LogP contribution in [0.2, 0.25) is 0 Å². The van der Waals surface area contributed by atoms with E-state index in [1.165, 1.54) is 12.1 Å². The topological polar surface area (TPSA) is 29.3 Å². The predicted octanol–water partition coefficient (Wildman–Crippen LogP) is 2.32. The van der Waals surface area contributed by atoms with Gasteiger partial charge in [0.1, 0.15) is 11.9 Å². The summed E-state index contributed by atoms with van der Waals surface area (Å²) in [5.41, 5.74) is 5.84. The quantitative estimate of drug-likeness (QED) is 0.834. The maximum Gasteiger partial charge on any atom is 0.403 e. The fourth-order valence-corrected chi connectivity index (χ4v) is 1.48. The van der Waals surface area contributed by atoms with Crippen LogP contribution in [-0.4, -0.2) is 26.3 Å². The maximum atomic E-state index is 13.0. The summed E-state index contributed by atoms with van der Waals surface area (Å²) in [6, 6.07) is 1.71. The summed E-state index contributed by atoms with van der Waals surface area (Å²) in [6.45, 7) is 0. The molecule has 0 aromatic heterocycles. The first-order chi connectivity index (χ1) is 7.71. The summed E-state index contributed by atoms with van der Waals surface area (Å²) >= 11 is 0. The molecule has 0 bridgehead atoms. The fraction of sp³-hybridized carbons (Fsp3) is 0.455. The van der Waals surface area contributed by atoms with Crippen molar-refractivity contribution in [2.75, 3.05) is 19.0 Å². The van der Waals surface area contributed by atoms with Gasteiger partial charge in [-0.15, -0.1) is 0 Å². The molecule has 0 fully saturated rings. The third kappa shape index (κ3) is 3.59. The number of hydrogen-bond acceptors (Lipinski definition) is 2. The molecule has 1 aromatic rings. The molecule has 0 radical (unpaired) electrons. The summed E-state index contributed by atoms with van der Waals surface area (Å²) in [7, 11) is 3.27. The number of nitrogens with two attached hydrogens (primary N) is 1. The van der Waals surface area contributed by atoms with Crippen molar-refractivity contribution in [1.82, 2.24) is 0 Å². The molecule has 0 saturated carbocycles. The number of hydrogen-bond donors (Lipinski definition) is 1. The van der Waals surface area contributed by atoms with E-state index in [0.29, 0.717) is 11.3 Å². The largest absolute Gasteiger partial charge is 0.403 e. The molecule has 2 nitrogen and oxygen atoms in total. The Kier molecular flexibility index (Phi) is 3.98. The minimum Gasteiger partial charge on any atom is -0.377 e. The van der Waals surface area contributed by atoms with Gasteiger partial charge in [0.25, 0.3) is 0 Å². The van der Waals surface area contributed by atoms with E-state index in [2.05, 4.69) is 0 Å². The molecule has 0 amide bonds. The normalized spacial score (nSPS) is 13.6. The van der Waals surface area contributed by atoms with E-state index >= 15 is 0 Å². The van der Waals surface area contributed by atoms with Gasteiger partial charge in [-0.05, 0) is 24.1 Å². The third-order valence-electron chi connectivity index (χ3n) is 2.39. The van der Waals surface area contributed by atoms with E-state index in [4.69, 9.17) is 5.73 Å². The highest BCUT2D eigenvalue weighted by Crippen LogP contribution is 2.26. The average Bonchev–Trinajstić information content (AvgIpc) is 2.18. The molecule has 0 aliphatic carbocycles. The van der Waals surface area contributed by atoms with E-state index in [-0.39, 0.29) is 6.42 Å². The van der Waals surface area contributed by atoms with Crippen molar-refractivity contribution in [3.8, 4) is 0 Å². The molecule has 0 aliphatic heterocycles. The highest BCUT2D eigenvalue weighted by atomic mass is 19.4. The lowest BCUT2D eigenvalue weighted by atomic mass is 10.0. The Balaban J connectivity index is 2.98. The molecule has 2 N–H and O–H groups in total. The third-order valence-corrected chi connectivity index (χ3v) is 2.39. The summed E-state index contributed by atoms with van der Waals surface area (Å²) in [5, 5.41) is 0. The van der Waals surface area contributed by atoms with E-state index in [0.717, 1.165) is 6.07 Å². The van der Waals surface area contributed by atoms with Crippen LogP contribution in [0.5, 0.6) is 0 Å². The molecule has 17 heavy (non-hydrogen) atoms. The fourth-order valence-electron chi connectivity index (χ4n) is 1.48. The van der Waals surface area contributed by atoms with Gasteiger partial charge in [0.15, 0.2) is 0 Å². The minimum atomic E-state index is -4.45. The van der Waals surface area contributed by atoms with Gasteiger partial charge in [-0.2, -0.15) is 13.2 Å².